The van der Waals surface area contributed by atoms with Crippen LogP contribution in [0, 0.1) is 0 Å². The Morgan fingerprint density at radius 1 is 1.22 bits per heavy atom. The average molecular weight is 257 g/mol. The molecule has 104 valence electrons. The first-order valence-electron chi connectivity index (χ1n) is 6.99. The number of aliphatic hydroxyl groups is 1. The maximum atomic E-state index is 11.8. The van der Waals surface area contributed by atoms with Gasteiger partial charge in [0.05, 0.1) is 25.9 Å². The van der Waals surface area contributed by atoms with E-state index < -0.39 is 0 Å². The Morgan fingerprint density at radius 2 is 2.00 bits per heavy atom. The number of carbonyl (C=O) groups is 1. The number of aliphatic hydroxyl groups excluding tert-OH is 1. The zero-order valence-electron chi connectivity index (χ0n) is 10.8. The van der Waals surface area contributed by atoms with E-state index in [9.17, 15) is 4.79 Å². The molecule has 0 aromatic heterocycles. The van der Waals surface area contributed by atoms with Crippen LogP contribution >= 0.6 is 0 Å². The highest BCUT2D eigenvalue weighted by Gasteiger charge is 2.40. The van der Waals surface area contributed by atoms with Crippen LogP contribution in [0.5, 0.6) is 0 Å². The van der Waals surface area contributed by atoms with E-state index in [4.69, 9.17) is 14.6 Å². The van der Waals surface area contributed by atoms with Gasteiger partial charge in [-0.3, -0.25) is 4.90 Å². The quantitative estimate of drug-likeness (QED) is 0.759. The van der Waals surface area contributed by atoms with E-state index in [1.165, 1.54) is 19.3 Å². The van der Waals surface area contributed by atoms with Gasteiger partial charge in [-0.05, 0) is 19.3 Å². The van der Waals surface area contributed by atoms with Gasteiger partial charge in [-0.2, -0.15) is 0 Å². The molecule has 1 amide bonds. The fraction of sp³-hybridized carbons (Fsp3) is 0.923. The molecule has 1 heterocycles. The number of hydrogen-bond acceptors (Lipinski definition) is 4. The molecule has 0 bridgehead atoms. The summed E-state index contributed by atoms with van der Waals surface area (Å²) in [7, 11) is 0. The zero-order valence-corrected chi connectivity index (χ0v) is 10.8. The summed E-state index contributed by atoms with van der Waals surface area (Å²) in [5.41, 5.74) is 0. The molecule has 5 heteroatoms. The van der Waals surface area contributed by atoms with Gasteiger partial charge in [-0.1, -0.05) is 19.3 Å². The first-order chi connectivity index (χ1) is 8.83. The van der Waals surface area contributed by atoms with Crippen LogP contribution in [0.2, 0.25) is 0 Å². The van der Waals surface area contributed by atoms with Crippen molar-refractivity contribution in [1.82, 2.24) is 4.90 Å². The van der Waals surface area contributed by atoms with Crippen molar-refractivity contribution in [2.45, 2.75) is 50.7 Å². The Morgan fingerprint density at radius 3 is 2.78 bits per heavy atom. The van der Waals surface area contributed by atoms with Gasteiger partial charge >= 0.3 is 6.09 Å². The van der Waals surface area contributed by atoms with E-state index in [-0.39, 0.29) is 24.8 Å². The number of ether oxygens (including phenoxy) is 2. The molecule has 2 fully saturated rings. The van der Waals surface area contributed by atoms with Crippen molar-refractivity contribution in [1.29, 1.82) is 0 Å². The molecule has 1 saturated carbocycles. The lowest BCUT2D eigenvalue weighted by atomic mass is 9.94. The minimum absolute atomic E-state index is 0.0243. The standard InChI is InChI=1S/C13H23NO4/c15-8-10-17-9-7-14-11-5-3-1-2-4-6-12(11)18-13(14)16/h11-12,15H,1-10H2. The van der Waals surface area contributed by atoms with Crippen LogP contribution in [0.25, 0.3) is 0 Å². The summed E-state index contributed by atoms with van der Waals surface area (Å²) >= 11 is 0. The summed E-state index contributed by atoms with van der Waals surface area (Å²) in [6.45, 7) is 1.40. The smallest absolute Gasteiger partial charge is 0.410 e. The van der Waals surface area contributed by atoms with Crippen molar-refractivity contribution in [2.75, 3.05) is 26.4 Å². The number of rotatable bonds is 5. The Bertz CT molecular complexity index is 272. The Balaban J connectivity index is 1.85. The summed E-state index contributed by atoms with van der Waals surface area (Å²) in [6, 6.07) is 0.232. The van der Waals surface area contributed by atoms with Crippen molar-refractivity contribution in [2.24, 2.45) is 0 Å². The third kappa shape index (κ3) is 3.36. The Kier molecular flexibility index (Phi) is 5.26. The summed E-state index contributed by atoms with van der Waals surface area (Å²) < 4.78 is 10.7. The second kappa shape index (κ2) is 6.95. The minimum Gasteiger partial charge on any atom is -0.444 e. The molecule has 1 N–H and O–H groups in total. The predicted molar refractivity (Wildman–Crippen MR) is 66.4 cm³/mol. The molecule has 2 rings (SSSR count). The van der Waals surface area contributed by atoms with Crippen LogP contribution in [0.4, 0.5) is 4.79 Å². The van der Waals surface area contributed by atoms with E-state index in [0.717, 1.165) is 19.3 Å². The largest absolute Gasteiger partial charge is 0.444 e. The first kappa shape index (κ1) is 13.6. The van der Waals surface area contributed by atoms with Crippen LogP contribution < -0.4 is 0 Å². The van der Waals surface area contributed by atoms with Crippen molar-refractivity contribution in [3.8, 4) is 0 Å². The van der Waals surface area contributed by atoms with E-state index in [0.29, 0.717) is 19.8 Å². The number of nitrogens with zero attached hydrogens (tertiary/aromatic N) is 1. The molecule has 0 aromatic rings. The van der Waals surface area contributed by atoms with E-state index in [1.54, 1.807) is 0 Å². The number of amides is 1. The summed E-state index contributed by atoms with van der Waals surface area (Å²) in [4.78, 5) is 13.6. The lowest BCUT2D eigenvalue weighted by molar-refractivity contribution is 0.0742. The normalized spacial score (nSPS) is 28.5. The molecule has 5 nitrogen and oxygen atoms in total. The molecule has 0 aromatic carbocycles. The van der Waals surface area contributed by atoms with Crippen molar-refractivity contribution >= 4 is 6.09 Å². The molecule has 18 heavy (non-hydrogen) atoms. The van der Waals surface area contributed by atoms with Gasteiger partial charge in [0.2, 0.25) is 0 Å². The van der Waals surface area contributed by atoms with E-state index >= 15 is 0 Å². The Labute approximate surface area is 108 Å². The van der Waals surface area contributed by atoms with Crippen LogP contribution in [0.1, 0.15) is 38.5 Å². The highest BCUT2D eigenvalue weighted by molar-refractivity contribution is 5.70. The summed E-state index contributed by atoms with van der Waals surface area (Å²) in [5.74, 6) is 0. The fourth-order valence-electron chi connectivity index (χ4n) is 2.84. The van der Waals surface area contributed by atoms with E-state index in [1.807, 2.05) is 4.90 Å². The molecular weight excluding hydrogens is 234 g/mol. The molecular formula is C13H23NO4. The average Bonchev–Trinajstić information content (AvgIpc) is 2.61. The maximum absolute atomic E-state index is 11.8. The molecule has 2 aliphatic rings. The topological polar surface area (TPSA) is 59.0 Å². The van der Waals surface area contributed by atoms with Gasteiger partial charge in [-0.25, -0.2) is 4.79 Å². The SMILES string of the molecule is O=C1OC2CCCCCCC2N1CCOCCO. The monoisotopic (exact) mass is 257 g/mol. The van der Waals surface area contributed by atoms with Gasteiger partial charge < -0.3 is 14.6 Å². The molecule has 0 spiro atoms. The number of fused-ring (bicyclic) bond motifs is 1. The van der Waals surface area contributed by atoms with Gasteiger partial charge in [0.15, 0.2) is 0 Å². The summed E-state index contributed by atoms with van der Waals surface area (Å²) in [6.07, 6.45) is 6.75. The molecule has 1 aliphatic carbocycles. The Hall–Kier alpha value is -0.810. The lowest BCUT2D eigenvalue weighted by Crippen LogP contribution is -2.39. The minimum atomic E-state index is -0.195. The number of carbonyl (C=O) groups excluding carboxylic acids is 1. The van der Waals surface area contributed by atoms with Crippen LogP contribution in [-0.2, 0) is 9.47 Å². The predicted octanol–water partition coefficient (Wildman–Crippen LogP) is 1.54. The van der Waals surface area contributed by atoms with Crippen molar-refractivity contribution in [3.05, 3.63) is 0 Å². The second-order valence-electron chi connectivity index (χ2n) is 5.01. The maximum Gasteiger partial charge on any atom is 0.410 e. The third-order valence-corrected chi connectivity index (χ3v) is 3.77. The van der Waals surface area contributed by atoms with Gasteiger partial charge in [0, 0.05) is 6.54 Å². The highest BCUT2D eigenvalue weighted by Crippen LogP contribution is 2.29. The fourth-order valence-corrected chi connectivity index (χ4v) is 2.84. The van der Waals surface area contributed by atoms with Crippen LogP contribution in [0.15, 0.2) is 0 Å². The zero-order chi connectivity index (χ0) is 12.8. The summed E-state index contributed by atoms with van der Waals surface area (Å²) in [5, 5.41) is 8.64. The molecule has 1 aliphatic heterocycles. The van der Waals surface area contributed by atoms with Crippen molar-refractivity contribution in [3.63, 3.8) is 0 Å². The van der Waals surface area contributed by atoms with Crippen LogP contribution in [-0.4, -0.2) is 54.6 Å². The van der Waals surface area contributed by atoms with Gasteiger partial charge in [-0.15, -0.1) is 0 Å². The second-order valence-corrected chi connectivity index (χ2v) is 5.01. The first-order valence-corrected chi connectivity index (χ1v) is 6.99. The lowest BCUT2D eigenvalue weighted by Gasteiger charge is -2.26. The molecule has 0 radical (unpaired) electrons. The number of hydrogen-bond donors (Lipinski definition) is 1. The van der Waals surface area contributed by atoms with Crippen LogP contribution in [0.3, 0.4) is 0 Å². The molecule has 1 saturated heterocycles. The van der Waals surface area contributed by atoms with E-state index in [2.05, 4.69) is 0 Å². The molecule has 2 atom stereocenters. The molecule has 2 unspecified atom stereocenters. The van der Waals surface area contributed by atoms with Gasteiger partial charge in [0.25, 0.3) is 0 Å². The van der Waals surface area contributed by atoms with Crippen molar-refractivity contribution < 1.29 is 19.4 Å². The highest BCUT2D eigenvalue weighted by atomic mass is 16.6. The third-order valence-electron chi connectivity index (χ3n) is 3.77. The van der Waals surface area contributed by atoms with Gasteiger partial charge in [0.1, 0.15) is 6.10 Å².